The van der Waals surface area contributed by atoms with Crippen molar-refractivity contribution in [1.82, 2.24) is 14.7 Å². The maximum Gasteiger partial charge on any atom is 0.411 e. The fourth-order valence-corrected chi connectivity index (χ4v) is 8.90. The molecular formula is C37H43N5O7S. The molecule has 3 heterocycles. The highest BCUT2D eigenvalue weighted by atomic mass is 32.2. The summed E-state index contributed by atoms with van der Waals surface area (Å²) in [4.78, 5) is 35.6. The van der Waals surface area contributed by atoms with Crippen molar-refractivity contribution in [2.45, 2.75) is 56.2 Å². The van der Waals surface area contributed by atoms with E-state index in [0.29, 0.717) is 29.5 Å². The summed E-state index contributed by atoms with van der Waals surface area (Å²) in [6.45, 7) is 11.2. The minimum absolute atomic E-state index is 0.0354. The van der Waals surface area contributed by atoms with E-state index >= 15 is 4.79 Å². The van der Waals surface area contributed by atoms with E-state index in [1.54, 1.807) is 42.2 Å². The van der Waals surface area contributed by atoms with Crippen LogP contribution in [0.5, 0.6) is 11.5 Å². The average Bonchev–Trinajstić information content (AvgIpc) is 3.39. The Hall–Kier alpha value is -4.64. The average molecular weight is 702 g/mol. The lowest BCUT2D eigenvalue weighted by molar-refractivity contribution is -0.132. The molecule has 0 aliphatic carbocycles. The van der Waals surface area contributed by atoms with Gasteiger partial charge in [-0.25, -0.2) is 13.2 Å². The van der Waals surface area contributed by atoms with E-state index in [9.17, 15) is 18.5 Å². The Morgan fingerprint density at radius 2 is 1.60 bits per heavy atom. The molecule has 12 nitrogen and oxygen atoms in total. The summed E-state index contributed by atoms with van der Waals surface area (Å²) in [5.74, 6) is -0.764. The Bertz CT molecular complexity index is 1900. The van der Waals surface area contributed by atoms with Gasteiger partial charge in [0.1, 0.15) is 16.4 Å². The van der Waals surface area contributed by atoms with Gasteiger partial charge in [-0.05, 0) is 70.0 Å². The smallest absolute Gasteiger partial charge is 0.411 e. The van der Waals surface area contributed by atoms with Gasteiger partial charge in [0.15, 0.2) is 0 Å². The lowest BCUT2D eigenvalue weighted by Gasteiger charge is -2.43. The van der Waals surface area contributed by atoms with Crippen molar-refractivity contribution in [2.24, 2.45) is 0 Å². The number of amides is 2. The third kappa shape index (κ3) is 6.16. The number of rotatable bonds is 9. The van der Waals surface area contributed by atoms with Crippen molar-refractivity contribution in [2.75, 3.05) is 57.3 Å². The molecule has 50 heavy (non-hydrogen) atoms. The number of sulfonamides is 1. The van der Waals surface area contributed by atoms with Crippen molar-refractivity contribution in [1.29, 1.82) is 5.26 Å². The molecule has 0 spiro atoms. The summed E-state index contributed by atoms with van der Waals surface area (Å²) in [6, 6.07) is 19.7. The largest absolute Gasteiger partial charge is 0.495 e. The highest BCUT2D eigenvalue weighted by molar-refractivity contribution is 7.93. The van der Waals surface area contributed by atoms with E-state index in [0.717, 1.165) is 39.0 Å². The minimum atomic E-state index is -4.64. The van der Waals surface area contributed by atoms with E-state index in [1.807, 2.05) is 0 Å². The van der Waals surface area contributed by atoms with E-state index < -0.39 is 27.6 Å². The Labute approximate surface area is 293 Å². The van der Waals surface area contributed by atoms with Crippen LogP contribution in [0.1, 0.15) is 50.3 Å². The molecule has 6 rings (SSSR count). The topological polar surface area (TPSA) is 133 Å². The second-order valence-electron chi connectivity index (χ2n) is 12.9. The van der Waals surface area contributed by atoms with Gasteiger partial charge >= 0.3 is 6.09 Å². The molecule has 2 saturated heterocycles. The zero-order chi connectivity index (χ0) is 35.6. The number of methoxy groups -OCH3 is 1. The van der Waals surface area contributed by atoms with Gasteiger partial charge in [-0.3, -0.25) is 14.6 Å². The number of anilines is 1. The molecule has 0 aromatic heterocycles. The summed E-state index contributed by atoms with van der Waals surface area (Å²) in [6.07, 6.45) is 0.700. The molecule has 0 bridgehead atoms. The van der Waals surface area contributed by atoms with Gasteiger partial charge in [0.25, 0.3) is 15.9 Å². The first kappa shape index (κ1) is 35.2. The number of carbonyl (C=O) groups excluding carboxylic acids is 2. The second kappa shape index (κ2) is 14.3. The highest BCUT2D eigenvalue weighted by Crippen LogP contribution is 2.52. The first-order chi connectivity index (χ1) is 24.1. The number of piperidine rings is 1. The molecule has 3 aromatic rings. The molecule has 3 aliphatic rings. The maximum atomic E-state index is 15.1. The lowest BCUT2D eigenvalue weighted by atomic mass is 9.85. The number of hydrogen-bond acceptors (Lipinski definition) is 10. The number of nitrogens with zero attached hydrogens (tertiary/aromatic N) is 5. The summed E-state index contributed by atoms with van der Waals surface area (Å²) in [5.41, 5.74) is -2.01. The van der Waals surface area contributed by atoms with E-state index in [2.05, 4.69) is 29.7 Å². The van der Waals surface area contributed by atoms with Crippen molar-refractivity contribution in [3.05, 3.63) is 83.4 Å². The van der Waals surface area contributed by atoms with E-state index in [4.69, 9.17) is 14.2 Å². The molecule has 0 saturated carbocycles. The van der Waals surface area contributed by atoms with Crippen LogP contribution >= 0.6 is 0 Å². The Balaban J connectivity index is 1.40. The van der Waals surface area contributed by atoms with Gasteiger partial charge in [-0.15, -0.1) is 0 Å². The van der Waals surface area contributed by atoms with Crippen molar-refractivity contribution >= 4 is 27.7 Å². The molecule has 1 unspecified atom stereocenters. The Kier molecular flexibility index (Phi) is 10.1. The number of ether oxygens (including phenoxy) is 3. The van der Waals surface area contributed by atoms with Crippen LogP contribution in [-0.2, 0) is 25.2 Å². The van der Waals surface area contributed by atoms with E-state index in [-0.39, 0.29) is 45.4 Å². The van der Waals surface area contributed by atoms with Crippen LogP contribution in [0.25, 0.3) is 0 Å². The van der Waals surface area contributed by atoms with Crippen LogP contribution in [0.4, 0.5) is 10.5 Å². The van der Waals surface area contributed by atoms with Gasteiger partial charge in [-0.1, -0.05) is 30.3 Å². The molecule has 264 valence electrons. The maximum absolute atomic E-state index is 15.1. The number of likely N-dealkylation sites (tertiary alicyclic amines) is 1. The number of para-hydroxylation sites is 2. The van der Waals surface area contributed by atoms with Crippen LogP contribution in [0.2, 0.25) is 0 Å². The van der Waals surface area contributed by atoms with Crippen molar-refractivity contribution in [3.63, 3.8) is 0 Å². The molecule has 3 aromatic carbocycles. The summed E-state index contributed by atoms with van der Waals surface area (Å²) in [7, 11) is -3.30. The summed E-state index contributed by atoms with van der Waals surface area (Å²) >= 11 is 0. The molecule has 2 amide bonds. The standard InChI is InChI=1S/C37H43N5O7S/c1-5-48-32-11-7-6-10-29(32)37(49-36(44)41-18-16-28(17-19-41)40-22-20-39(21-23-40)26(2)3)30-24-27(25-38)14-15-31(30)42(35(37)43)50(45,46)34-13-9-8-12-33(34)47-4/h6-15,24,26,28H,5,16-23H2,1-4H3. The van der Waals surface area contributed by atoms with Crippen LogP contribution in [-0.4, -0.2) is 100 Å². The molecular weight excluding hydrogens is 659 g/mol. The number of hydrogen-bond donors (Lipinski definition) is 0. The Morgan fingerprint density at radius 1 is 0.940 bits per heavy atom. The number of piperazine rings is 1. The normalized spacial score (nSPS) is 20.4. The van der Waals surface area contributed by atoms with Gasteiger partial charge in [0.2, 0.25) is 5.60 Å². The zero-order valence-electron chi connectivity index (χ0n) is 28.9. The second-order valence-corrected chi connectivity index (χ2v) is 14.7. The van der Waals surface area contributed by atoms with Gasteiger partial charge in [0.05, 0.1) is 36.6 Å². The molecule has 1 atom stereocenters. The molecule has 0 N–H and O–H groups in total. The fourth-order valence-electron chi connectivity index (χ4n) is 7.28. The predicted molar refractivity (Wildman–Crippen MR) is 187 cm³/mol. The number of carbonyl (C=O) groups is 2. The van der Waals surface area contributed by atoms with Crippen molar-refractivity contribution in [3.8, 4) is 17.6 Å². The minimum Gasteiger partial charge on any atom is -0.495 e. The SMILES string of the molecule is CCOc1ccccc1C1(OC(=O)N2CCC(N3CCN(C(C)C)CC3)CC2)C(=O)N(S(=O)(=O)c2ccccc2OC)c2ccc(C#N)cc21. The zero-order valence-corrected chi connectivity index (χ0v) is 29.7. The molecule has 0 radical (unpaired) electrons. The first-order valence-corrected chi connectivity index (χ1v) is 18.5. The lowest BCUT2D eigenvalue weighted by Crippen LogP contribution is -2.55. The Morgan fingerprint density at radius 3 is 2.24 bits per heavy atom. The van der Waals surface area contributed by atoms with Crippen LogP contribution < -0.4 is 13.8 Å². The number of fused-ring (bicyclic) bond motifs is 1. The molecule has 13 heteroatoms. The van der Waals surface area contributed by atoms with Crippen LogP contribution in [0, 0.1) is 11.3 Å². The summed E-state index contributed by atoms with van der Waals surface area (Å²) in [5, 5.41) is 9.92. The van der Waals surface area contributed by atoms with Crippen LogP contribution in [0.3, 0.4) is 0 Å². The summed E-state index contributed by atoms with van der Waals surface area (Å²) < 4.78 is 47.3. The van der Waals surface area contributed by atoms with Gasteiger partial charge in [0, 0.05) is 56.9 Å². The predicted octanol–water partition coefficient (Wildman–Crippen LogP) is 4.57. The third-order valence-corrected chi connectivity index (χ3v) is 11.7. The first-order valence-electron chi connectivity index (χ1n) is 17.0. The highest BCUT2D eigenvalue weighted by Gasteiger charge is 2.61. The van der Waals surface area contributed by atoms with Gasteiger partial charge in [-0.2, -0.15) is 9.57 Å². The fraction of sp³-hybridized carbons (Fsp3) is 0.432. The number of nitriles is 1. The third-order valence-electron chi connectivity index (χ3n) is 9.92. The number of benzene rings is 3. The van der Waals surface area contributed by atoms with Gasteiger partial charge < -0.3 is 19.1 Å². The molecule has 3 aliphatic heterocycles. The van der Waals surface area contributed by atoms with Crippen molar-refractivity contribution < 1.29 is 32.2 Å². The van der Waals surface area contributed by atoms with E-state index in [1.165, 1.54) is 43.5 Å². The molecule has 2 fully saturated rings. The quantitative estimate of drug-likeness (QED) is 0.313. The van der Waals surface area contributed by atoms with Crippen LogP contribution in [0.15, 0.2) is 71.6 Å². The monoisotopic (exact) mass is 701 g/mol.